The molecule has 66 valence electrons. The van der Waals surface area contributed by atoms with Gasteiger partial charge in [-0.1, -0.05) is 0 Å². The second-order valence-corrected chi connectivity index (χ2v) is 3.50. The average molecular weight is 193 g/mol. The molecule has 0 aliphatic carbocycles. The number of nitrogens with zero attached hydrogens (tertiary/aromatic N) is 3. The summed E-state index contributed by atoms with van der Waals surface area (Å²) in [5.41, 5.74) is 2.36. The Morgan fingerprint density at radius 2 is 2.38 bits per heavy atom. The fraction of sp³-hybridized carbons (Fsp3) is 0.125. The number of hydrogen-bond acceptors (Lipinski definition) is 4. The van der Waals surface area contributed by atoms with Crippen LogP contribution in [-0.4, -0.2) is 20.8 Å². The van der Waals surface area contributed by atoms with Crippen molar-refractivity contribution in [1.82, 2.24) is 14.5 Å². The van der Waals surface area contributed by atoms with E-state index in [0.29, 0.717) is 12.2 Å². The molecule has 0 atom stereocenters. The number of carbonyl (C=O) groups excluding carboxylic acids is 1. The zero-order valence-corrected chi connectivity index (χ0v) is 7.57. The van der Waals surface area contributed by atoms with Gasteiger partial charge in [0.25, 0.3) is 0 Å². The Morgan fingerprint density at radius 1 is 1.46 bits per heavy atom. The molecule has 5 heteroatoms. The van der Waals surface area contributed by atoms with Crippen LogP contribution >= 0.6 is 11.3 Å². The number of hydrogen-bond donors (Lipinski definition) is 0. The Kier molecular flexibility index (Phi) is 2.18. The zero-order valence-electron chi connectivity index (χ0n) is 6.75. The van der Waals surface area contributed by atoms with Crippen LogP contribution in [0.1, 0.15) is 15.4 Å². The molecule has 2 rings (SSSR count). The van der Waals surface area contributed by atoms with Gasteiger partial charge in [0, 0.05) is 11.1 Å². The molecule has 0 fully saturated rings. The van der Waals surface area contributed by atoms with Crippen molar-refractivity contribution in [3.05, 3.63) is 34.8 Å². The highest BCUT2D eigenvalue weighted by Gasteiger charge is 2.01. The van der Waals surface area contributed by atoms with E-state index in [2.05, 4.69) is 9.97 Å². The topological polar surface area (TPSA) is 47.8 Å². The van der Waals surface area contributed by atoms with Gasteiger partial charge in [0.05, 0.1) is 24.6 Å². The molecule has 0 radical (unpaired) electrons. The molecule has 4 nitrogen and oxygen atoms in total. The molecule has 0 amide bonds. The van der Waals surface area contributed by atoms with E-state index in [4.69, 9.17) is 0 Å². The molecule has 2 aromatic heterocycles. The monoisotopic (exact) mass is 193 g/mol. The van der Waals surface area contributed by atoms with Crippen LogP contribution in [0.5, 0.6) is 0 Å². The minimum Gasteiger partial charge on any atom is -0.323 e. The first kappa shape index (κ1) is 8.12. The Morgan fingerprint density at radius 3 is 3.08 bits per heavy atom. The van der Waals surface area contributed by atoms with Crippen LogP contribution in [0.25, 0.3) is 0 Å². The summed E-state index contributed by atoms with van der Waals surface area (Å²) in [6, 6.07) is 0. The molecule has 0 N–H and O–H groups in total. The van der Waals surface area contributed by atoms with Crippen LogP contribution in [-0.2, 0) is 6.54 Å². The van der Waals surface area contributed by atoms with Gasteiger partial charge in [-0.05, 0) is 0 Å². The molecule has 0 aliphatic rings. The lowest BCUT2D eigenvalue weighted by Gasteiger charge is -1.99. The number of aldehydes is 1. The number of rotatable bonds is 3. The summed E-state index contributed by atoms with van der Waals surface area (Å²) in [5, 5.41) is 0. The molecule has 0 aliphatic heterocycles. The van der Waals surface area contributed by atoms with Gasteiger partial charge in [0.15, 0.2) is 6.29 Å². The molecule has 0 aromatic carbocycles. The predicted molar refractivity (Wildman–Crippen MR) is 48.8 cm³/mol. The van der Waals surface area contributed by atoms with Gasteiger partial charge in [-0.25, -0.2) is 4.98 Å². The summed E-state index contributed by atoms with van der Waals surface area (Å²) in [5.74, 6) is 0. The third-order valence-corrected chi connectivity index (χ3v) is 2.44. The minimum atomic E-state index is 0.591. The highest BCUT2D eigenvalue weighted by molar-refractivity contribution is 7.09. The van der Waals surface area contributed by atoms with E-state index >= 15 is 0 Å². The lowest BCUT2D eigenvalue weighted by atomic mass is 10.4. The first-order chi connectivity index (χ1) is 6.40. The Bertz CT molecular complexity index is 393. The normalized spacial score (nSPS) is 10.2. The quantitative estimate of drug-likeness (QED) is 0.688. The summed E-state index contributed by atoms with van der Waals surface area (Å²) in [6.07, 6.45) is 5.78. The van der Waals surface area contributed by atoms with Crippen LogP contribution in [0, 0.1) is 0 Å². The van der Waals surface area contributed by atoms with E-state index in [-0.39, 0.29) is 0 Å². The highest BCUT2D eigenvalue weighted by atomic mass is 32.1. The van der Waals surface area contributed by atoms with Crippen LogP contribution < -0.4 is 0 Å². The van der Waals surface area contributed by atoms with Crippen LogP contribution in [0.3, 0.4) is 0 Å². The minimum absolute atomic E-state index is 0.591. The lowest BCUT2D eigenvalue weighted by molar-refractivity contribution is 0.111. The van der Waals surface area contributed by atoms with Crippen molar-refractivity contribution in [1.29, 1.82) is 0 Å². The molecule has 0 bridgehead atoms. The van der Waals surface area contributed by atoms with E-state index in [1.807, 2.05) is 0 Å². The molecule has 0 saturated heterocycles. The third kappa shape index (κ3) is 1.65. The average Bonchev–Trinajstić information content (AvgIpc) is 2.76. The molecular formula is C8H7N3OS. The van der Waals surface area contributed by atoms with Crippen LogP contribution in [0.2, 0.25) is 0 Å². The summed E-state index contributed by atoms with van der Waals surface area (Å²) in [4.78, 5) is 19.5. The number of aromatic nitrogens is 3. The Labute approximate surface area is 78.9 Å². The van der Waals surface area contributed by atoms with Crippen molar-refractivity contribution in [2.45, 2.75) is 6.54 Å². The van der Waals surface area contributed by atoms with E-state index in [1.165, 1.54) is 0 Å². The smallest absolute Gasteiger partial charge is 0.168 e. The van der Waals surface area contributed by atoms with Crippen molar-refractivity contribution >= 4 is 17.6 Å². The van der Waals surface area contributed by atoms with Crippen molar-refractivity contribution in [3.63, 3.8) is 0 Å². The van der Waals surface area contributed by atoms with Gasteiger partial charge in [0.2, 0.25) is 0 Å². The standard InChI is InChI=1S/C8H7N3OS/c12-4-7-1-9-5-11(7)3-8-2-10-6-13-8/h1-2,4-6H,3H2. The molecule has 2 heterocycles. The second-order valence-electron chi connectivity index (χ2n) is 2.53. The SMILES string of the molecule is O=Cc1cncn1Cc1cncs1. The molecule has 0 saturated carbocycles. The lowest BCUT2D eigenvalue weighted by Crippen LogP contribution is -2.00. The maximum atomic E-state index is 10.5. The van der Waals surface area contributed by atoms with Crippen LogP contribution in [0.4, 0.5) is 0 Å². The van der Waals surface area contributed by atoms with Gasteiger partial charge < -0.3 is 4.57 Å². The maximum Gasteiger partial charge on any atom is 0.168 e. The van der Waals surface area contributed by atoms with E-state index in [1.54, 1.807) is 40.1 Å². The number of imidazole rings is 1. The molecule has 0 unspecified atom stereocenters. The summed E-state index contributed by atoms with van der Waals surface area (Å²) < 4.78 is 1.79. The zero-order chi connectivity index (χ0) is 9.10. The van der Waals surface area contributed by atoms with Gasteiger partial charge in [0.1, 0.15) is 5.69 Å². The van der Waals surface area contributed by atoms with E-state index in [9.17, 15) is 4.79 Å². The fourth-order valence-electron chi connectivity index (χ4n) is 1.05. The highest BCUT2D eigenvalue weighted by Crippen LogP contribution is 2.08. The predicted octanol–water partition coefficient (Wildman–Crippen LogP) is 1.20. The van der Waals surface area contributed by atoms with Crippen molar-refractivity contribution < 1.29 is 4.79 Å². The first-order valence-electron chi connectivity index (χ1n) is 3.73. The Hall–Kier alpha value is -1.49. The maximum absolute atomic E-state index is 10.5. The van der Waals surface area contributed by atoms with Crippen molar-refractivity contribution in [2.24, 2.45) is 0 Å². The van der Waals surface area contributed by atoms with Gasteiger partial charge in [-0.2, -0.15) is 0 Å². The summed E-state index contributed by atoms with van der Waals surface area (Å²) >= 11 is 1.56. The van der Waals surface area contributed by atoms with Gasteiger partial charge in [-0.15, -0.1) is 11.3 Å². The fourth-order valence-corrected chi connectivity index (χ4v) is 1.64. The number of carbonyl (C=O) groups is 1. The molecule has 2 aromatic rings. The number of thiazole rings is 1. The van der Waals surface area contributed by atoms with Gasteiger partial charge >= 0.3 is 0 Å². The molecular weight excluding hydrogens is 186 g/mol. The summed E-state index contributed by atoms with van der Waals surface area (Å²) in [6.45, 7) is 0.665. The molecule has 0 spiro atoms. The summed E-state index contributed by atoms with van der Waals surface area (Å²) in [7, 11) is 0. The van der Waals surface area contributed by atoms with E-state index < -0.39 is 0 Å². The molecule has 13 heavy (non-hydrogen) atoms. The second kappa shape index (κ2) is 3.49. The third-order valence-electron chi connectivity index (χ3n) is 1.67. The van der Waals surface area contributed by atoms with Crippen LogP contribution in [0.15, 0.2) is 24.2 Å². The van der Waals surface area contributed by atoms with E-state index in [0.717, 1.165) is 11.2 Å². The Balaban J connectivity index is 2.23. The van der Waals surface area contributed by atoms with Gasteiger partial charge in [-0.3, -0.25) is 9.78 Å². The van der Waals surface area contributed by atoms with Crippen molar-refractivity contribution in [3.8, 4) is 0 Å². The first-order valence-corrected chi connectivity index (χ1v) is 4.61. The largest absolute Gasteiger partial charge is 0.323 e. The van der Waals surface area contributed by atoms with Crippen molar-refractivity contribution in [2.75, 3.05) is 0 Å².